The first-order chi connectivity index (χ1) is 6.04. The Hall–Kier alpha value is -1.79. The van der Waals surface area contributed by atoms with E-state index >= 15 is 0 Å². The fraction of sp³-hybridized carbons (Fsp3) is 0.167. The van der Waals surface area contributed by atoms with Crippen LogP contribution in [0.1, 0.15) is 12.0 Å². The first-order valence-electron chi connectivity index (χ1n) is 3.20. The molecule has 1 aromatic heterocycles. The van der Waals surface area contributed by atoms with Crippen molar-refractivity contribution in [3.63, 3.8) is 0 Å². The molecule has 0 saturated carbocycles. The summed E-state index contributed by atoms with van der Waals surface area (Å²) in [5.74, 6) is 0. The van der Waals surface area contributed by atoms with Crippen LogP contribution in [-0.2, 0) is 0 Å². The number of anilines is 1. The Bertz CT molecular complexity index is 343. The van der Waals surface area contributed by atoms with Crippen LogP contribution >= 0.6 is 0 Å². The van der Waals surface area contributed by atoms with E-state index in [4.69, 9.17) is 5.73 Å². The molecular formula is C6H5F2N3O2. The lowest BCUT2D eigenvalue weighted by molar-refractivity contribution is -0.384. The molecule has 0 amide bonds. The van der Waals surface area contributed by atoms with Crippen LogP contribution in [0.15, 0.2) is 12.4 Å². The molecule has 0 bridgehead atoms. The molecule has 0 aliphatic rings. The van der Waals surface area contributed by atoms with Crippen LogP contribution in [0.5, 0.6) is 0 Å². The Morgan fingerprint density at radius 2 is 2.15 bits per heavy atom. The molecule has 0 radical (unpaired) electrons. The first-order valence-corrected chi connectivity index (χ1v) is 3.20. The Balaban J connectivity index is 3.26. The summed E-state index contributed by atoms with van der Waals surface area (Å²) in [4.78, 5) is 12.7. The maximum Gasteiger partial charge on any atom is 0.310 e. The molecule has 70 valence electrons. The molecule has 1 rings (SSSR count). The van der Waals surface area contributed by atoms with Gasteiger partial charge in [-0.15, -0.1) is 0 Å². The Morgan fingerprint density at radius 3 is 2.62 bits per heavy atom. The molecular weight excluding hydrogens is 184 g/mol. The lowest BCUT2D eigenvalue weighted by Gasteiger charge is -2.02. The quantitative estimate of drug-likeness (QED) is 0.564. The number of nitrogen functional groups attached to an aromatic ring is 1. The van der Waals surface area contributed by atoms with Crippen LogP contribution in [0.2, 0.25) is 0 Å². The van der Waals surface area contributed by atoms with Gasteiger partial charge in [0.25, 0.3) is 6.43 Å². The van der Waals surface area contributed by atoms with E-state index in [9.17, 15) is 18.9 Å². The number of aromatic nitrogens is 1. The molecule has 13 heavy (non-hydrogen) atoms. The zero-order valence-corrected chi connectivity index (χ0v) is 6.28. The van der Waals surface area contributed by atoms with E-state index in [1.807, 2.05) is 0 Å². The summed E-state index contributed by atoms with van der Waals surface area (Å²) in [6, 6.07) is 0. The third-order valence-electron chi connectivity index (χ3n) is 1.43. The number of nitrogens with zero attached hydrogens (tertiary/aromatic N) is 2. The third kappa shape index (κ3) is 1.68. The van der Waals surface area contributed by atoms with Gasteiger partial charge in [0.15, 0.2) is 0 Å². The molecule has 0 aromatic carbocycles. The van der Waals surface area contributed by atoms with Crippen LogP contribution < -0.4 is 5.73 Å². The van der Waals surface area contributed by atoms with Gasteiger partial charge in [-0.25, -0.2) is 8.78 Å². The third-order valence-corrected chi connectivity index (χ3v) is 1.43. The smallest absolute Gasteiger partial charge is 0.310 e. The summed E-state index contributed by atoms with van der Waals surface area (Å²) in [6.45, 7) is 0. The van der Waals surface area contributed by atoms with Gasteiger partial charge in [-0.3, -0.25) is 15.1 Å². The molecule has 0 aliphatic heterocycles. The van der Waals surface area contributed by atoms with Crippen LogP contribution in [0, 0.1) is 10.1 Å². The van der Waals surface area contributed by atoms with Crippen molar-refractivity contribution in [1.29, 1.82) is 0 Å². The van der Waals surface area contributed by atoms with E-state index < -0.39 is 28.3 Å². The number of hydrogen-bond donors (Lipinski definition) is 1. The van der Waals surface area contributed by atoms with Crippen molar-refractivity contribution >= 4 is 11.4 Å². The Kier molecular flexibility index (Phi) is 2.36. The summed E-state index contributed by atoms with van der Waals surface area (Å²) in [6.07, 6.45) is -1.21. The van der Waals surface area contributed by atoms with Crippen molar-refractivity contribution < 1.29 is 13.7 Å². The van der Waals surface area contributed by atoms with Crippen LogP contribution in [-0.4, -0.2) is 9.91 Å². The number of alkyl halides is 2. The average molecular weight is 189 g/mol. The molecule has 5 nitrogen and oxygen atoms in total. The standard InChI is InChI=1S/C6H5F2N3O2/c7-6(8)3-1-10-2-4(5(3)9)11(12)13/h1-2,6H,(H2,9,10). The van der Waals surface area contributed by atoms with Crippen LogP contribution in [0.25, 0.3) is 0 Å². The van der Waals surface area contributed by atoms with E-state index in [2.05, 4.69) is 4.98 Å². The lowest BCUT2D eigenvalue weighted by atomic mass is 10.2. The molecule has 1 aromatic rings. The van der Waals surface area contributed by atoms with Gasteiger partial charge in [0.2, 0.25) is 0 Å². The van der Waals surface area contributed by atoms with Gasteiger partial charge in [0, 0.05) is 6.20 Å². The highest BCUT2D eigenvalue weighted by atomic mass is 19.3. The molecule has 0 aliphatic carbocycles. The van der Waals surface area contributed by atoms with Crippen molar-refractivity contribution in [2.45, 2.75) is 6.43 Å². The van der Waals surface area contributed by atoms with E-state index in [-0.39, 0.29) is 0 Å². The zero-order valence-electron chi connectivity index (χ0n) is 6.28. The number of rotatable bonds is 2. The molecule has 0 atom stereocenters. The Labute approximate surface area is 71.3 Å². The summed E-state index contributed by atoms with van der Waals surface area (Å²) >= 11 is 0. The summed E-state index contributed by atoms with van der Waals surface area (Å²) in [7, 11) is 0. The zero-order chi connectivity index (χ0) is 10.0. The largest absolute Gasteiger partial charge is 0.393 e. The van der Waals surface area contributed by atoms with Crippen LogP contribution in [0.4, 0.5) is 20.2 Å². The second-order valence-corrected chi connectivity index (χ2v) is 2.22. The monoisotopic (exact) mass is 189 g/mol. The van der Waals surface area contributed by atoms with Crippen molar-refractivity contribution in [3.05, 3.63) is 28.1 Å². The van der Waals surface area contributed by atoms with Gasteiger partial charge in [-0.05, 0) is 0 Å². The van der Waals surface area contributed by atoms with Gasteiger partial charge >= 0.3 is 5.69 Å². The van der Waals surface area contributed by atoms with Gasteiger partial charge < -0.3 is 5.73 Å². The fourth-order valence-corrected chi connectivity index (χ4v) is 0.795. The highest BCUT2D eigenvalue weighted by Gasteiger charge is 2.20. The molecule has 7 heteroatoms. The second kappa shape index (κ2) is 3.30. The topological polar surface area (TPSA) is 82.0 Å². The predicted octanol–water partition coefficient (Wildman–Crippen LogP) is 1.51. The minimum atomic E-state index is -2.85. The van der Waals surface area contributed by atoms with E-state index in [0.717, 1.165) is 12.4 Å². The average Bonchev–Trinajstić information content (AvgIpc) is 2.03. The SMILES string of the molecule is Nc1c(C(F)F)cncc1[N+](=O)[O-]. The number of halogens is 2. The maximum atomic E-state index is 12.1. The minimum absolute atomic E-state index is 0.532. The van der Waals surface area contributed by atoms with Crippen molar-refractivity contribution in [2.24, 2.45) is 0 Å². The highest BCUT2D eigenvalue weighted by molar-refractivity contribution is 5.61. The normalized spacial score (nSPS) is 10.4. The number of nitrogens with two attached hydrogens (primary N) is 1. The maximum absolute atomic E-state index is 12.1. The number of nitro groups is 1. The second-order valence-electron chi connectivity index (χ2n) is 2.22. The molecule has 0 saturated heterocycles. The lowest BCUT2D eigenvalue weighted by Crippen LogP contribution is -2.01. The summed E-state index contributed by atoms with van der Waals surface area (Å²) < 4.78 is 24.3. The van der Waals surface area contributed by atoms with Gasteiger partial charge in [-0.2, -0.15) is 0 Å². The Morgan fingerprint density at radius 1 is 1.54 bits per heavy atom. The molecule has 1 heterocycles. The summed E-state index contributed by atoms with van der Waals surface area (Å²) in [5.41, 5.74) is 3.38. The van der Waals surface area contributed by atoms with E-state index in [0.29, 0.717) is 0 Å². The van der Waals surface area contributed by atoms with Crippen molar-refractivity contribution in [3.8, 4) is 0 Å². The molecule has 0 spiro atoms. The first kappa shape index (κ1) is 9.30. The van der Waals surface area contributed by atoms with Gasteiger partial charge in [0.1, 0.15) is 11.9 Å². The summed E-state index contributed by atoms with van der Waals surface area (Å²) in [5, 5.41) is 10.2. The fourth-order valence-electron chi connectivity index (χ4n) is 0.795. The minimum Gasteiger partial charge on any atom is -0.393 e. The molecule has 2 N–H and O–H groups in total. The molecule has 0 unspecified atom stereocenters. The number of hydrogen-bond acceptors (Lipinski definition) is 4. The van der Waals surface area contributed by atoms with E-state index in [1.165, 1.54) is 0 Å². The highest BCUT2D eigenvalue weighted by Crippen LogP contribution is 2.30. The van der Waals surface area contributed by atoms with E-state index in [1.54, 1.807) is 0 Å². The number of pyridine rings is 1. The molecule has 0 fully saturated rings. The van der Waals surface area contributed by atoms with Crippen molar-refractivity contribution in [2.75, 3.05) is 5.73 Å². The van der Waals surface area contributed by atoms with Crippen molar-refractivity contribution in [1.82, 2.24) is 4.98 Å². The van der Waals surface area contributed by atoms with Gasteiger partial charge in [-0.1, -0.05) is 0 Å². The predicted molar refractivity (Wildman–Crippen MR) is 40.3 cm³/mol. The van der Waals surface area contributed by atoms with Gasteiger partial charge in [0.05, 0.1) is 10.5 Å². The van der Waals surface area contributed by atoms with Crippen LogP contribution in [0.3, 0.4) is 0 Å².